The summed E-state index contributed by atoms with van der Waals surface area (Å²) < 4.78 is 6.29. The highest BCUT2D eigenvalue weighted by molar-refractivity contribution is 5.95. The van der Waals surface area contributed by atoms with Crippen LogP contribution in [0.1, 0.15) is 75.3 Å². The van der Waals surface area contributed by atoms with Crippen LogP contribution in [0.25, 0.3) is 0 Å². The molecule has 4 N–H and O–H groups in total. The fourth-order valence-corrected chi connectivity index (χ4v) is 8.06. The minimum atomic E-state index is -1.25. The van der Waals surface area contributed by atoms with Gasteiger partial charge in [-0.2, -0.15) is 0 Å². The van der Waals surface area contributed by atoms with Crippen molar-refractivity contribution in [2.24, 2.45) is 5.92 Å². The molecule has 1 aromatic rings. The lowest BCUT2D eigenvalue weighted by Crippen LogP contribution is -2.75. The Hall–Kier alpha value is -2.25. The van der Waals surface area contributed by atoms with Crippen LogP contribution in [0.2, 0.25) is 0 Å². The first kappa shape index (κ1) is 22.0. The first-order valence-corrected chi connectivity index (χ1v) is 13.6. The number of aromatic hydroxyl groups is 1. The fourth-order valence-electron chi connectivity index (χ4n) is 8.06. The van der Waals surface area contributed by atoms with Gasteiger partial charge in [0.15, 0.2) is 17.6 Å². The van der Waals surface area contributed by atoms with E-state index in [-0.39, 0.29) is 41.5 Å². The number of amides is 1. The number of carbonyl (C=O) groups excluding carboxylic acids is 1. The molecule has 4 aliphatic carbocycles. The number of likely N-dealkylation sites (tertiary alicyclic amines) is 1. The summed E-state index contributed by atoms with van der Waals surface area (Å²) in [6.45, 7) is 1.78. The molecule has 0 aromatic heterocycles. The molecular formula is C28H36N2O5. The van der Waals surface area contributed by atoms with Gasteiger partial charge in [0.2, 0.25) is 0 Å². The Kier molecular flexibility index (Phi) is 4.79. The Morgan fingerprint density at radius 3 is 2.63 bits per heavy atom. The number of aliphatic hydroxyl groups excluding tert-OH is 1. The number of benzene rings is 1. The third-order valence-electron chi connectivity index (χ3n) is 9.98. The van der Waals surface area contributed by atoms with E-state index in [4.69, 9.17) is 4.74 Å². The third-order valence-corrected chi connectivity index (χ3v) is 9.98. The molecule has 2 heterocycles. The van der Waals surface area contributed by atoms with E-state index in [2.05, 4.69) is 10.2 Å². The number of nitrogens with one attached hydrogen (secondary N) is 1. The van der Waals surface area contributed by atoms with Gasteiger partial charge in [0.25, 0.3) is 5.91 Å². The van der Waals surface area contributed by atoms with E-state index in [1.807, 2.05) is 6.07 Å². The van der Waals surface area contributed by atoms with Gasteiger partial charge in [-0.25, -0.2) is 0 Å². The summed E-state index contributed by atoms with van der Waals surface area (Å²) in [6.07, 6.45) is 9.51. The number of aliphatic hydroxyl groups is 2. The van der Waals surface area contributed by atoms with E-state index < -0.39 is 17.1 Å². The molecule has 1 spiro atoms. The summed E-state index contributed by atoms with van der Waals surface area (Å²) in [6, 6.07) is 3.56. The lowest BCUT2D eigenvalue weighted by Gasteiger charge is -2.62. The molecule has 1 amide bonds. The lowest BCUT2D eigenvalue weighted by atomic mass is 9.49. The molecule has 0 unspecified atom stereocenters. The van der Waals surface area contributed by atoms with Gasteiger partial charge in [-0.15, -0.1) is 0 Å². The van der Waals surface area contributed by atoms with Crippen LogP contribution < -0.4 is 10.1 Å². The zero-order chi connectivity index (χ0) is 23.9. The molecule has 7 nitrogen and oxygen atoms in total. The van der Waals surface area contributed by atoms with Gasteiger partial charge in [0.05, 0.1) is 16.6 Å². The molecule has 7 heteroatoms. The number of piperidine rings is 1. The predicted molar refractivity (Wildman–Crippen MR) is 129 cm³/mol. The molecule has 6 aliphatic rings. The van der Waals surface area contributed by atoms with Gasteiger partial charge in [0.1, 0.15) is 5.76 Å². The van der Waals surface area contributed by atoms with Crippen molar-refractivity contribution in [3.63, 3.8) is 0 Å². The standard InChI is InChI=1S/C28H36N2O5/c31-20-10-9-17-13-21-28(34)14-19(26(33)29-18-5-3-1-2-4-6-18)23(32)25-27(28,22(17)24(20)35-25)11-12-30(21)15-16-7-8-16/h9-10,16,18,21,25,31-32,34H,1-8,11-15H2,(H,29,33)/t21-,25+,27+,28-/m1/s1. The maximum absolute atomic E-state index is 13.6. The number of hydrogen-bond donors (Lipinski definition) is 4. The second-order valence-corrected chi connectivity index (χ2v) is 12.0. The Bertz CT molecular complexity index is 1100. The van der Waals surface area contributed by atoms with Crippen molar-refractivity contribution in [1.29, 1.82) is 0 Å². The quantitative estimate of drug-likeness (QED) is 0.494. The second-order valence-electron chi connectivity index (χ2n) is 12.0. The molecule has 7 rings (SSSR count). The highest BCUT2D eigenvalue weighted by atomic mass is 16.5. The third kappa shape index (κ3) is 3.00. The summed E-state index contributed by atoms with van der Waals surface area (Å²) in [5.41, 5.74) is 0.0810. The molecule has 1 aromatic carbocycles. The minimum absolute atomic E-state index is 0.0333. The Morgan fingerprint density at radius 2 is 1.89 bits per heavy atom. The SMILES string of the molecule is O=C(NC1CCCCCC1)C1=C(O)[C@@H]2Oc3c(O)ccc4c3[C@@]23CCN(CC2CC2)[C@H](C4)[C@]3(O)C1. The van der Waals surface area contributed by atoms with Gasteiger partial charge in [-0.05, 0) is 62.6 Å². The minimum Gasteiger partial charge on any atom is -0.508 e. The second kappa shape index (κ2) is 7.62. The topological polar surface area (TPSA) is 102 Å². The fraction of sp³-hybridized carbons (Fsp3) is 0.679. The van der Waals surface area contributed by atoms with E-state index in [0.717, 1.165) is 49.9 Å². The first-order chi connectivity index (χ1) is 16.9. The largest absolute Gasteiger partial charge is 0.508 e. The average molecular weight is 481 g/mol. The summed E-state index contributed by atoms with van der Waals surface area (Å²) in [5, 5.41) is 38.0. The molecule has 4 atom stereocenters. The zero-order valence-electron chi connectivity index (χ0n) is 20.3. The van der Waals surface area contributed by atoms with Crippen LogP contribution in [0.5, 0.6) is 11.5 Å². The number of phenolic OH excluding ortho intramolecular Hbond substituents is 1. The van der Waals surface area contributed by atoms with E-state index in [1.165, 1.54) is 25.7 Å². The van der Waals surface area contributed by atoms with Gasteiger partial charge in [0, 0.05) is 30.6 Å². The van der Waals surface area contributed by atoms with Gasteiger partial charge < -0.3 is 25.4 Å². The number of rotatable bonds is 4. The van der Waals surface area contributed by atoms with Crippen molar-refractivity contribution >= 4 is 5.91 Å². The van der Waals surface area contributed by atoms with Crippen LogP contribution in [0.4, 0.5) is 0 Å². The normalized spacial score (nSPS) is 36.4. The maximum atomic E-state index is 13.6. The summed E-state index contributed by atoms with van der Waals surface area (Å²) in [7, 11) is 0. The summed E-state index contributed by atoms with van der Waals surface area (Å²) in [5.74, 6) is 0.742. The smallest absolute Gasteiger partial charge is 0.251 e. The molecule has 35 heavy (non-hydrogen) atoms. The number of nitrogens with zero attached hydrogens (tertiary/aromatic N) is 1. The molecule has 2 aliphatic heterocycles. The summed E-state index contributed by atoms with van der Waals surface area (Å²) in [4.78, 5) is 16.0. The monoisotopic (exact) mass is 480 g/mol. The van der Waals surface area contributed by atoms with Crippen molar-refractivity contribution in [3.8, 4) is 11.5 Å². The van der Waals surface area contributed by atoms with E-state index >= 15 is 0 Å². The first-order valence-electron chi connectivity index (χ1n) is 13.6. The van der Waals surface area contributed by atoms with Crippen LogP contribution in [-0.4, -0.2) is 63.0 Å². The number of hydrogen-bond acceptors (Lipinski definition) is 6. The Labute approximate surface area is 206 Å². The van der Waals surface area contributed by atoms with Crippen molar-refractivity contribution in [2.45, 2.75) is 99.8 Å². The van der Waals surface area contributed by atoms with E-state index in [0.29, 0.717) is 24.5 Å². The number of phenols is 1. The Morgan fingerprint density at radius 1 is 1.11 bits per heavy atom. The average Bonchev–Trinajstić information content (AvgIpc) is 3.62. The number of carbonyl (C=O) groups is 1. The summed E-state index contributed by atoms with van der Waals surface area (Å²) >= 11 is 0. The lowest BCUT2D eigenvalue weighted by molar-refractivity contribution is -0.172. The predicted octanol–water partition coefficient (Wildman–Crippen LogP) is 3.22. The maximum Gasteiger partial charge on any atom is 0.251 e. The Balaban J connectivity index is 1.32. The van der Waals surface area contributed by atoms with Crippen molar-refractivity contribution < 1.29 is 24.9 Å². The van der Waals surface area contributed by atoms with Crippen LogP contribution >= 0.6 is 0 Å². The van der Waals surface area contributed by atoms with Crippen molar-refractivity contribution in [2.75, 3.05) is 13.1 Å². The van der Waals surface area contributed by atoms with Crippen LogP contribution in [0, 0.1) is 5.92 Å². The highest BCUT2D eigenvalue weighted by Gasteiger charge is 2.73. The van der Waals surface area contributed by atoms with Crippen molar-refractivity contribution in [3.05, 3.63) is 34.6 Å². The van der Waals surface area contributed by atoms with Gasteiger partial charge >= 0.3 is 0 Å². The van der Waals surface area contributed by atoms with E-state index in [1.54, 1.807) is 6.07 Å². The van der Waals surface area contributed by atoms with Crippen LogP contribution in [0.3, 0.4) is 0 Å². The zero-order valence-corrected chi connectivity index (χ0v) is 20.3. The van der Waals surface area contributed by atoms with Crippen LogP contribution in [0.15, 0.2) is 23.5 Å². The molecule has 1 saturated heterocycles. The van der Waals surface area contributed by atoms with Crippen molar-refractivity contribution in [1.82, 2.24) is 10.2 Å². The van der Waals surface area contributed by atoms with Gasteiger partial charge in [-0.3, -0.25) is 9.69 Å². The number of ether oxygens (including phenoxy) is 1. The molecule has 0 radical (unpaired) electrons. The molecule has 188 valence electrons. The molecule has 3 fully saturated rings. The van der Waals surface area contributed by atoms with Crippen LogP contribution in [-0.2, 0) is 16.6 Å². The molecule has 2 saturated carbocycles. The highest BCUT2D eigenvalue weighted by Crippen LogP contribution is 2.66. The van der Waals surface area contributed by atoms with E-state index in [9.17, 15) is 20.1 Å². The van der Waals surface area contributed by atoms with Gasteiger partial charge in [-0.1, -0.05) is 31.7 Å². The molecule has 2 bridgehead atoms. The molecular weight excluding hydrogens is 444 g/mol.